The third-order valence-corrected chi connectivity index (χ3v) is 6.02. The summed E-state index contributed by atoms with van der Waals surface area (Å²) in [7, 11) is 0. The molecule has 0 aliphatic carbocycles. The number of thiophene rings is 1. The molecule has 0 aromatic carbocycles. The molecule has 0 N–H and O–H groups in total. The number of hydrogen-bond acceptors (Lipinski definition) is 8. The molecule has 4 heterocycles. The van der Waals surface area contributed by atoms with Crippen LogP contribution < -0.4 is 4.90 Å². The second kappa shape index (κ2) is 7.63. The van der Waals surface area contributed by atoms with E-state index in [4.69, 9.17) is 4.74 Å². The van der Waals surface area contributed by atoms with Crippen molar-refractivity contribution < 1.29 is 4.74 Å². The van der Waals surface area contributed by atoms with Gasteiger partial charge in [0.1, 0.15) is 23.1 Å². The van der Waals surface area contributed by atoms with Gasteiger partial charge in [0.15, 0.2) is 0 Å². The van der Waals surface area contributed by atoms with E-state index in [-0.39, 0.29) is 6.10 Å². The number of ether oxygens (including phenoxy) is 1. The molecule has 3 aromatic rings. The van der Waals surface area contributed by atoms with Gasteiger partial charge in [-0.3, -0.25) is 4.99 Å². The summed E-state index contributed by atoms with van der Waals surface area (Å²) in [6, 6.07) is 0. The zero-order valence-electron chi connectivity index (χ0n) is 16.2. The summed E-state index contributed by atoms with van der Waals surface area (Å²) in [6.45, 7) is 11.1. The van der Waals surface area contributed by atoms with Crippen molar-refractivity contribution in [2.24, 2.45) is 4.99 Å². The van der Waals surface area contributed by atoms with E-state index in [2.05, 4.69) is 43.7 Å². The zero-order valence-corrected chi connectivity index (χ0v) is 17.0. The van der Waals surface area contributed by atoms with Gasteiger partial charge < -0.3 is 9.64 Å². The van der Waals surface area contributed by atoms with E-state index in [9.17, 15) is 0 Å². The van der Waals surface area contributed by atoms with Crippen LogP contribution in [0, 0.1) is 13.8 Å². The lowest BCUT2D eigenvalue weighted by atomic mass is 10.1. The number of hydrogen-bond donors (Lipinski definition) is 0. The van der Waals surface area contributed by atoms with Crippen molar-refractivity contribution in [3.8, 4) is 0 Å². The Bertz CT molecular complexity index is 1100. The highest BCUT2D eigenvalue weighted by Gasteiger charge is 2.27. The van der Waals surface area contributed by atoms with Crippen LogP contribution in [-0.2, 0) is 4.74 Å². The summed E-state index contributed by atoms with van der Waals surface area (Å²) in [5.74, 6) is 1.82. The Hall–Kier alpha value is -2.87. The van der Waals surface area contributed by atoms with Gasteiger partial charge in [-0.25, -0.2) is 9.97 Å². The first kappa shape index (κ1) is 18.5. The number of fused-ring (bicyclic) bond motifs is 3. The Morgan fingerprint density at radius 1 is 1.36 bits per heavy atom. The van der Waals surface area contributed by atoms with Gasteiger partial charge in [-0.2, -0.15) is 5.10 Å². The molecule has 3 aromatic heterocycles. The van der Waals surface area contributed by atoms with Crippen LogP contribution in [0.5, 0.6) is 0 Å². The van der Waals surface area contributed by atoms with Crippen LogP contribution >= 0.6 is 11.3 Å². The maximum absolute atomic E-state index is 6.06. The fourth-order valence-electron chi connectivity index (χ4n) is 3.45. The number of aryl methyl sites for hydroxylation is 2. The summed E-state index contributed by atoms with van der Waals surface area (Å²) in [6.07, 6.45) is 8.08. The van der Waals surface area contributed by atoms with Crippen LogP contribution in [0.1, 0.15) is 24.6 Å². The van der Waals surface area contributed by atoms with Crippen molar-refractivity contribution in [1.29, 1.82) is 0 Å². The van der Waals surface area contributed by atoms with Crippen LogP contribution in [0.2, 0.25) is 0 Å². The number of rotatable bonds is 5. The molecule has 144 valence electrons. The van der Waals surface area contributed by atoms with Crippen LogP contribution in [0.25, 0.3) is 20.4 Å². The second-order valence-electron chi connectivity index (χ2n) is 6.84. The molecule has 8 heteroatoms. The van der Waals surface area contributed by atoms with Crippen LogP contribution in [0.4, 0.5) is 5.82 Å². The van der Waals surface area contributed by atoms with Gasteiger partial charge in [-0.05, 0) is 45.2 Å². The van der Waals surface area contributed by atoms with Gasteiger partial charge >= 0.3 is 0 Å². The number of aliphatic imine (C=N–C) groups is 1. The third kappa shape index (κ3) is 3.35. The SMILES string of the molecule is C=N/C=C\C=C(/C)O[C@@H]1CCN(c2ncnc3c2sc2nnc(C)c(C)c23)C1. The molecule has 0 saturated carbocycles. The van der Waals surface area contributed by atoms with E-state index in [1.165, 1.54) is 0 Å². The number of nitrogens with zero attached hydrogens (tertiary/aromatic N) is 6. The van der Waals surface area contributed by atoms with Crippen molar-refractivity contribution in [1.82, 2.24) is 20.2 Å². The Kier molecular flexibility index (Phi) is 5.04. The molecular weight excluding hydrogens is 372 g/mol. The number of anilines is 1. The highest BCUT2D eigenvalue weighted by Crippen LogP contribution is 2.38. The lowest BCUT2D eigenvalue weighted by Gasteiger charge is -2.18. The predicted octanol–water partition coefficient (Wildman–Crippen LogP) is 3.96. The second-order valence-corrected chi connectivity index (χ2v) is 7.84. The molecule has 0 radical (unpaired) electrons. The molecule has 1 aliphatic rings. The minimum absolute atomic E-state index is 0.129. The first-order chi connectivity index (χ1) is 13.6. The maximum Gasteiger partial charge on any atom is 0.150 e. The normalized spacial score (nSPS) is 17.9. The Balaban J connectivity index is 1.62. The lowest BCUT2D eigenvalue weighted by Crippen LogP contribution is -2.23. The predicted molar refractivity (Wildman–Crippen MR) is 114 cm³/mol. The minimum atomic E-state index is 0.129. The van der Waals surface area contributed by atoms with E-state index in [0.29, 0.717) is 0 Å². The topological polar surface area (TPSA) is 76.4 Å². The third-order valence-electron chi connectivity index (χ3n) is 4.96. The summed E-state index contributed by atoms with van der Waals surface area (Å²) < 4.78 is 7.12. The van der Waals surface area contributed by atoms with Crippen LogP contribution in [0.3, 0.4) is 0 Å². The van der Waals surface area contributed by atoms with Gasteiger partial charge in [-0.1, -0.05) is 0 Å². The van der Waals surface area contributed by atoms with E-state index in [0.717, 1.165) is 62.8 Å². The van der Waals surface area contributed by atoms with Gasteiger partial charge in [0, 0.05) is 24.6 Å². The van der Waals surface area contributed by atoms with Crippen molar-refractivity contribution >= 4 is 44.3 Å². The fourth-order valence-corrected chi connectivity index (χ4v) is 4.61. The van der Waals surface area contributed by atoms with E-state index < -0.39 is 0 Å². The van der Waals surface area contributed by atoms with Gasteiger partial charge in [0.05, 0.1) is 28.2 Å². The summed E-state index contributed by atoms with van der Waals surface area (Å²) >= 11 is 1.61. The molecule has 1 aliphatic heterocycles. The quantitative estimate of drug-likeness (QED) is 0.370. The Morgan fingerprint density at radius 3 is 3.04 bits per heavy atom. The molecular formula is C20H22N6OS. The molecule has 0 bridgehead atoms. The summed E-state index contributed by atoms with van der Waals surface area (Å²) in [5.41, 5.74) is 3.03. The van der Waals surface area contributed by atoms with Crippen LogP contribution in [0.15, 0.2) is 35.4 Å². The Morgan fingerprint density at radius 2 is 2.21 bits per heavy atom. The molecule has 0 unspecified atom stereocenters. The van der Waals surface area contributed by atoms with Gasteiger partial charge in [0.25, 0.3) is 0 Å². The zero-order chi connectivity index (χ0) is 19.7. The summed E-state index contributed by atoms with van der Waals surface area (Å²) in [5, 5.41) is 9.72. The fraction of sp³-hybridized carbons (Fsp3) is 0.350. The minimum Gasteiger partial charge on any atom is -0.493 e. The molecule has 1 fully saturated rings. The monoisotopic (exact) mass is 394 g/mol. The molecule has 0 spiro atoms. The maximum atomic E-state index is 6.06. The first-order valence-electron chi connectivity index (χ1n) is 9.16. The molecule has 1 atom stereocenters. The molecule has 4 rings (SSSR count). The first-order valence-corrected chi connectivity index (χ1v) is 9.98. The summed E-state index contributed by atoms with van der Waals surface area (Å²) in [4.78, 5) is 16.0. The van der Waals surface area contributed by atoms with Crippen molar-refractivity contribution in [3.05, 3.63) is 41.7 Å². The van der Waals surface area contributed by atoms with E-state index in [1.807, 2.05) is 26.0 Å². The molecule has 1 saturated heterocycles. The molecule has 7 nitrogen and oxygen atoms in total. The average Bonchev–Trinajstić information content (AvgIpc) is 3.29. The van der Waals surface area contributed by atoms with Crippen molar-refractivity contribution in [3.63, 3.8) is 0 Å². The smallest absolute Gasteiger partial charge is 0.150 e. The highest BCUT2D eigenvalue weighted by atomic mass is 32.1. The number of allylic oxidation sites excluding steroid dienone is 3. The van der Waals surface area contributed by atoms with Crippen molar-refractivity contribution in [2.75, 3.05) is 18.0 Å². The average molecular weight is 395 g/mol. The van der Waals surface area contributed by atoms with Gasteiger partial charge in [-0.15, -0.1) is 16.4 Å². The lowest BCUT2D eigenvalue weighted by molar-refractivity contribution is 0.135. The van der Waals surface area contributed by atoms with E-state index in [1.54, 1.807) is 23.9 Å². The van der Waals surface area contributed by atoms with E-state index >= 15 is 0 Å². The number of aromatic nitrogens is 4. The Labute approximate surface area is 167 Å². The molecule has 28 heavy (non-hydrogen) atoms. The largest absolute Gasteiger partial charge is 0.493 e. The molecule has 0 amide bonds. The standard InChI is InChI=1S/C20H22N6OS/c1-12(6-5-8-21-4)27-15-7-9-26(10-15)19-18-17(22-11-23-19)16-13(2)14(3)24-25-20(16)28-18/h5-6,8,11,15H,4,7,9-10H2,1-3H3/b8-5-,12-6+/t15-/m1/s1. The van der Waals surface area contributed by atoms with Crippen molar-refractivity contribution in [2.45, 2.75) is 33.3 Å². The highest BCUT2D eigenvalue weighted by molar-refractivity contribution is 7.26. The van der Waals surface area contributed by atoms with Gasteiger partial charge in [0.2, 0.25) is 0 Å². The van der Waals surface area contributed by atoms with Crippen LogP contribution in [-0.4, -0.2) is 46.1 Å².